The highest BCUT2D eigenvalue weighted by atomic mass is 16.2. The molecule has 8 nitrogen and oxygen atoms in total. The van der Waals surface area contributed by atoms with E-state index in [9.17, 15) is 4.79 Å². The monoisotopic (exact) mass is 193 g/mol. The first-order valence-corrected chi connectivity index (χ1v) is 3.68. The number of hydrogen-bond donors (Lipinski definition) is 3. The molecule has 0 aliphatic carbocycles. The van der Waals surface area contributed by atoms with Crippen molar-refractivity contribution in [3.63, 3.8) is 0 Å². The fourth-order valence-electron chi connectivity index (χ4n) is 1.05. The number of anilines is 1. The van der Waals surface area contributed by atoms with Gasteiger partial charge in [-0.15, -0.1) is 0 Å². The summed E-state index contributed by atoms with van der Waals surface area (Å²) in [6.07, 6.45) is 2.62. The lowest BCUT2D eigenvalue weighted by Gasteiger charge is -2.01. The van der Waals surface area contributed by atoms with E-state index in [1.165, 1.54) is 17.3 Å². The van der Waals surface area contributed by atoms with E-state index < -0.39 is 6.03 Å². The number of hydrogen-bond acceptors (Lipinski definition) is 5. The van der Waals surface area contributed by atoms with E-state index in [4.69, 9.17) is 11.5 Å². The van der Waals surface area contributed by atoms with Gasteiger partial charge in [0.2, 0.25) is 0 Å². The van der Waals surface area contributed by atoms with Crippen LogP contribution in [0, 0.1) is 0 Å². The highest BCUT2D eigenvalue weighted by molar-refractivity contribution is 5.85. The normalized spacial score (nSPS) is 10.3. The first-order chi connectivity index (χ1) is 6.68. The number of carbonyl (C=O) groups is 1. The van der Waals surface area contributed by atoms with E-state index in [2.05, 4.69) is 20.4 Å². The van der Waals surface area contributed by atoms with Crippen molar-refractivity contribution < 1.29 is 4.79 Å². The minimum absolute atomic E-state index is 0.250. The van der Waals surface area contributed by atoms with Gasteiger partial charge < -0.3 is 11.5 Å². The molecule has 0 unspecified atom stereocenters. The summed E-state index contributed by atoms with van der Waals surface area (Å²) in [6, 6.07) is -0.707. The lowest BCUT2D eigenvalue weighted by atomic mass is 10.5. The highest BCUT2D eigenvalue weighted by Crippen LogP contribution is 2.12. The molecule has 2 rings (SSSR count). The molecule has 0 bridgehead atoms. The van der Waals surface area contributed by atoms with Crippen LogP contribution in [0.1, 0.15) is 0 Å². The van der Waals surface area contributed by atoms with Crippen LogP contribution in [-0.2, 0) is 0 Å². The van der Waals surface area contributed by atoms with Crippen LogP contribution in [0.4, 0.5) is 10.6 Å². The van der Waals surface area contributed by atoms with E-state index in [0.717, 1.165) is 0 Å². The molecule has 2 aromatic heterocycles. The maximum absolute atomic E-state index is 10.6. The minimum atomic E-state index is -0.707. The number of nitrogens with two attached hydrogens (primary N) is 2. The topological polar surface area (TPSA) is 125 Å². The standard InChI is InChI=1S/C6H7N7O/c7-4-3-5(10-1-9-4)13(2-11-3)12-6(8)14/h1-2H,(H2,7,9,10)(H3,8,12,14). The Hall–Kier alpha value is -2.38. The summed E-state index contributed by atoms with van der Waals surface area (Å²) >= 11 is 0. The van der Waals surface area contributed by atoms with Crippen LogP contribution in [0.2, 0.25) is 0 Å². The molecule has 2 heterocycles. The molecule has 0 aliphatic heterocycles. The maximum atomic E-state index is 10.6. The van der Waals surface area contributed by atoms with Gasteiger partial charge in [-0.3, -0.25) is 0 Å². The molecule has 2 amide bonds. The molecule has 0 fully saturated rings. The van der Waals surface area contributed by atoms with Gasteiger partial charge in [-0.25, -0.2) is 29.8 Å². The third-order valence-corrected chi connectivity index (χ3v) is 1.59. The Bertz CT molecular complexity index is 490. The van der Waals surface area contributed by atoms with Crippen molar-refractivity contribution in [2.24, 2.45) is 5.73 Å². The molecule has 0 spiro atoms. The Morgan fingerprint density at radius 3 is 2.93 bits per heavy atom. The van der Waals surface area contributed by atoms with Gasteiger partial charge in [-0.1, -0.05) is 0 Å². The zero-order valence-electron chi connectivity index (χ0n) is 7.01. The van der Waals surface area contributed by atoms with Crippen molar-refractivity contribution in [2.45, 2.75) is 0 Å². The minimum Gasteiger partial charge on any atom is -0.382 e. The molecule has 8 heteroatoms. The van der Waals surface area contributed by atoms with Crippen molar-refractivity contribution in [3.8, 4) is 0 Å². The maximum Gasteiger partial charge on any atom is 0.331 e. The molecule has 72 valence electrons. The number of nitrogens with zero attached hydrogens (tertiary/aromatic N) is 4. The van der Waals surface area contributed by atoms with Gasteiger partial charge in [0.05, 0.1) is 0 Å². The van der Waals surface area contributed by atoms with Gasteiger partial charge in [0.15, 0.2) is 17.0 Å². The van der Waals surface area contributed by atoms with Crippen molar-refractivity contribution in [1.82, 2.24) is 19.6 Å². The van der Waals surface area contributed by atoms with E-state index in [1.807, 2.05) is 0 Å². The number of amides is 2. The molecule has 0 saturated heterocycles. The van der Waals surface area contributed by atoms with Crippen LogP contribution in [0.15, 0.2) is 12.7 Å². The number of nitrogen functional groups attached to an aromatic ring is 1. The van der Waals surface area contributed by atoms with Crippen molar-refractivity contribution >= 4 is 23.0 Å². The first-order valence-electron chi connectivity index (χ1n) is 3.68. The van der Waals surface area contributed by atoms with Gasteiger partial charge in [0, 0.05) is 0 Å². The molecule has 0 aromatic carbocycles. The zero-order valence-corrected chi connectivity index (χ0v) is 7.01. The lowest BCUT2D eigenvalue weighted by Crippen LogP contribution is -2.27. The third-order valence-electron chi connectivity index (χ3n) is 1.59. The van der Waals surface area contributed by atoms with Gasteiger partial charge in [-0.05, 0) is 0 Å². The van der Waals surface area contributed by atoms with Crippen LogP contribution in [0.3, 0.4) is 0 Å². The Morgan fingerprint density at radius 1 is 1.43 bits per heavy atom. The highest BCUT2D eigenvalue weighted by Gasteiger charge is 2.07. The average molecular weight is 193 g/mol. The number of carbonyl (C=O) groups excluding carboxylic acids is 1. The number of rotatable bonds is 1. The van der Waals surface area contributed by atoms with Gasteiger partial charge in [0.1, 0.15) is 12.7 Å². The summed E-state index contributed by atoms with van der Waals surface area (Å²) < 4.78 is 1.27. The van der Waals surface area contributed by atoms with E-state index in [1.54, 1.807) is 0 Å². The van der Waals surface area contributed by atoms with E-state index in [-0.39, 0.29) is 5.82 Å². The van der Waals surface area contributed by atoms with Crippen LogP contribution in [0.25, 0.3) is 11.2 Å². The molecule has 0 saturated carbocycles. The molecule has 5 N–H and O–H groups in total. The molecule has 0 aliphatic rings. The fraction of sp³-hybridized carbons (Fsp3) is 0. The molecular formula is C6H7N7O. The number of fused-ring (bicyclic) bond motifs is 1. The summed E-state index contributed by atoms with van der Waals surface area (Å²) in [4.78, 5) is 22.1. The third kappa shape index (κ3) is 1.18. The van der Waals surface area contributed by atoms with Gasteiger partial charge in [0.25, 0.3) is 0 Å². The fourth-order valence-corrected chi connectivity index (χ4v) is 1.05. The Balaban J connectivity index is 2.58. The number of urea groups is 1. The summed E-state index contributed by atoms with van der Waals surface area (Å²) in [5.41, 5.74) is 13.6. The second kappa shape index (κ2) is 2.83. The Kier molecular flexibility index (Phi) is 1.67. The Labute approximate surface area is 77.9 Å². The molecule has 14 heavy (non-hydrogen) atoms. The van der Waals surface area contributed by atoms with Gasteiger partial charge >= 0.3 is 6.03 Å². The molecule has 0 atom stereocenters. The number of imidazole rings is 1. The summed E-state index contributed by atoms with van der Waals surface area (Å²) in [5.74, 6) is 0.250. The van der Waals surface area contributed by atoms with Crippen molar-refractivity contribution in [1.29, 1.82) is 0 Å². The molecule has 2 aromatic rings. The van der Waals surface area contributed by atoms with Crippen molar-refractivity contribution in [2.75, 3.05) is 11.2 Å². The van der Waals surface area contributed by atoms with Gasteiger partial charge in [-0.2, -0.15) is 0 Å². The molecular weight excluding hydrogens is 186 g/mol. The average Bonchev–Trinajstić information content (AvgIpc) is 2.49. The smallest absolute Gasteiger partial charge is 0.331 e. The van der Waals surface area contributed by atoms with Crippen LogP contribution < -0.4 is 16.9 Å². The molecule has 0 radical (unpaired) electrons. The predicted octanol–water partition coefficient (Wildman–Crippen LogP) is -0.969. The van der Waals surface area contributed by atoms with E-state index in [0.29, 0.717) is 11.2 Å². The second-order valence-corrected chi connectivity index (χ2v) is 2.52. The zero-order chi connectivity index (χ0) is 10.1. The summed E-state index contributed by atoms with van der Waals surface area (Å²) in [5, 5.41) is 0. The first kappa shape index (κ1) is 8.23. The second-order valence-electron chi connectivity index (χ2n) is 2.52. The summed E-state index contributed by atoms with van der Waals surface area (Å²) in [6.45, 7) is 0. The number of nitrogens with one attached hydrogen (secondary N) is 1. The lowest BCUT2D eigenvalue weighted by molar-refractivity contribution is 0.257. The largest absolute Gasteiger partial charge is 0.382 e. The Morgan fingerprint density at radius 2 is 2.21 bits per heavy atom. The number of aromatic nitrogens is 4. The summed E-state index contributed by atoms with van der Waals surface area (Å²) in [7, 11) is 0. The van der Waals surface area contributed by atoms with Crippen LogP contribution in [0.5, 0.6) is 0 Å². The predicted molar refractivity (Wildman–Crippen MR) is 48.7 cm³/mol. The van der Waals surface area contributed by atoms with E-state index >= 15 is 0 Å². The number of primary amides is 1. The van der Waals surface area contributed by atoms with Crippen LogP contribution >= 0.6 is 0 Å². The van der Waals surface area contributed by atoms with Crippen molar-refractivity contribution in [3.05, 3.63) is 12.7 Å². The SMILES string of the molecule is NC(=O)Nn1cnc2c(N)ncnc21. The van der Waals surface area contributed by atoms with Crippen LogP contribution in [-0.4, -0.2) is 25.7 Å². The quantitative estimate of drug-likeness (QED) is 0.537.